The van der Waals surface area contributed by atoms with Crippen LogP contribution in [0.2, 0.25) is 0 Å². The second kappa shape index (κ2) is 21.0. The zero-order valence-corrected chi connectivity index (χ0v) is 24.4. The zero-order valence-electron chi connectivity index (χ0n) is 24.4. The minimum Gasteiger partial charge on any atom is -0.462 e. The van der Waals surface area contributed by atoms with Gasteiger partial charge in [-0.05, 0) is 41.5 Å². The summed E-state index contributed by atoms with van der Waals surface area (Å²) in [6, 6.07) is 12.7. The van der Waals surface area contributed by atoms with Crippen LogP contribution in [0.1, 0.15) is 157 Å². The molecule has 0 aliphatic rings. The largest absolute Gasteiger partial charge is 0.462 e. The number of unbranched alkanes of at least 4 members (excludes halogenated alkanes) is 19. The molecule has 4 heteroatoms. The average Bonchev–Trinajstić information content (AvgIpc) is 2.96. The van der Waals surface area contributed by atoms with E-state index in [4.69, 9.17) is 4.74 Å². The molecular formula is C35H50N2O2. The van der Waals surface area contributed by atoms with Crippen molar-refractivity contribution >= 4 is 16.7 Å². The van der Waals surface area contributed by atoms with Crippen LogP contribution < -0.4 is 0 Å². The Balaban J connectivity index is 1.40. The Morgan fingerprint density at radius 3 is 1.44 bits per heavy atom. The van der Waals surface area contributed by atoms with Gasteiger partial charge in [-0.25, -0.2) is 4.79 Å². The molecule has 0 bridgehead atoms. The Bertz CT molecular complexity index is 1050. The van der Waals surface area contributed by atoms with E-state index in [1.165, 1.54) is 116 Å². The van der Waals surface area contributed by atoms with Crippen LogP contribution in [0.4, 0.5) is 0 Å². The Morgan fingerprint density at radius 1 is 0.590 bits per heavy atom. The van der Waals surface area contributed by atoms with Crippen LogP contribution in [0.3, 0.4) is 0 Å². The predicted molar refractivity (Wildman–Crippen MR) is 162 cm³/mol. The van der Waals surface area contributed by atoms with Crippen molar-refractivity contribution in [1.29, 1.82) is 10.5 Å². The van der Waals surface area contributed by atoms with Crippen molar-refractivity contribution in [1.82, 2.24) is 0 Å². The number of esters is 1. The topological polar surface area (TPSA) is 73.9 Å². The molecule has 0 unspecified atom stereocenters. The fourth-order valence-corrected chi connectivity index (χ4v) is 5.22. The minimum atomic E-state index is -0.336. The van der Waals surface area contributed by atoms with Gasteiger partial charge >= 0.3 is 5.97 Å². The van der Waals surface area contributed by atoms with E-state index in [9.17, 15) is 15.3 Å². The molecule has 2 aromatic rings. The van der Waals surface area contributed by atoms with Crippen LogP contribution in [-0.4, -0.2) is 12.6 Å². The minimum absolute atomic E-state index is 0.319. The van der Waals surface area contributed by atoms with E-state index in [1.807, 2.05) is 12.1 Å². The predicted octanol–water partition coefficient (Wildman–Crippen LogP) is 10.6. The van der Waals surface area contributed by atoms with Crippen molar-refractivity contribution in [3.05, 3.63) is 47.0 Å². The maximum atomic E-state index is 12.4. The lowest BCUT2D eigenvalue weighted by Gasteiger charge is -2.07. The van der Waals surface area contributed by atoms with E-state index >= 15 is 0 Å². The highest BCUT2D eigenvalue weighted by Crippen LogP contribution is 2.22. The summed E-state index contributed by atoms with van der Waals surface area (Å²) in [7, 11) is 0. The monoisotopic (exact) mass is 530 g/mol. The van der Waals surface area contributed by atoms with E-state index in [1.54, 1.807) is 30.3 Å². The lowest BCUT2D eigenvalue weighted by Crippen LogP contribution is -2.06. The number of hydrogen-bond donors (Lipinski definition) is 0. The number of ether oxygens (including phenoxy) is 1. The van der Waals surface area contributed by atoms with E-state index < -0.39 is 0 Å². The molecule has 0 fully saturated rings. The first-order valence-corrected chi connectivity index (χ1v) is 15.7. The molecular weight excluding hydrogens is 480 g/mol. The third-order valence-electron chi connectivity index (χ3n) is 7.68. The summed E-state index contributed by atoms with van der Waals surface area (Å²) < 4.78 is 5.46. The molecule has 0 saturated heterocycles. The summed E-state index contributed by atoms with van der Waals surface area (Å²) in [6.07, 6.45) is 26.9. The Morgan fingerprint density at radius 2 is 1.00 bits per heavy atom. The molecule has 0 amide bonds. The Labute approximate surface area is 237 Å². The summed E-state index contributed by atoms with van der Waals surface area (Å²) in [5.74, 6) is -0.336. The second-order valence-electron chi connectivity index (χ2n) is 11.0. The fraction of sp³-hybridized carbons (Fsp3) is 0.629. The quantitative estimate of drug-likeness (QED) is 0.112. The van der Waals surface area contributed by atoms with Crippen LogP contribution in [0.25, 0.3) is 10.8 Å². The van der Waals surface area contributed by atoms with Gasteiger partial charge in [-0.2, -0.15) is 10.5 Å². The van der Waals surface area contributed by atoms with Gasteiger partial charge in [0.2, 0.25) is 0 Å². The van der Waals surface area contributed by atoms with Gasteiger partial charge in [0, 0.05) is 0 Å². The highest BCUT2D eigenvalue weighted by Gasteiger charge is 2.10. The highest BCUT2D eigenvalue weighted by atomic mass is 16.5. The van der Waals surface area contributed by atoms with Crippen LogP contribution in [0.15, 0.2) is 30.3 Å². The molecule has 2 aromatic carbocycles. The first-order valence-electron chi connectivity index (χ1n) is 15.7. The Hall–Kier alpha value is -2.85. The molecule has 212 valence electrons. The molecule has 0 spiro atoms. The Kier molecular flexibility index (Phi) is 17.5. The van der Waals surface area contributed by atoms with Crippen molar-refractivity contribution in [3.8, 4) is 12.1 Å². The number of carbonyl (C=O) groups excluding carboxylic acids is 1. The first-order chi connectivity index (χ1) is 19.2. The average molecular weight is 531 g/mol. The molecule has 39 heavy (non-hydrogen) atoms. The van der Waals surface area contributed by atoms with Gasteiger partial charge in [-0.1, -0.05) is 135 Å². The summed E-state index contributed by atoms with van der Waals surface area (Å²) in [6.45, 7) is 2.72. The first kappa shape index (κ1) is 32.4. The van der Waals surface area contributed by atoms with Crippen molar-refractivity contribution in [2.24, 2.45) is 0 Å². The zero-order chi connectivity index (χ0) is 28.0. The van der Waals surface area contributed by atoms with Gasteiger partial charge in [0.25, 0.3) is 0 Å². The van der Waals surface area contributed by atoms with Gasteiger partial charge < -0.3 is 4.74 Å². The van der Waals surface area contributed by atoms with Gasteiger partial charge in [0.15, 0.2) is 0 Å². The molecule has 0 saturated carbocycles. The fourth-order valence-electron chi connectivity index (χ4n) is 5.22. The third-order valence-corrected chi connectivity index (χ3v) is 7.68. The summed E-state index contributed by atoms with van der Waals surface area (Å²) in [5, 5.41) is 20.0. The van der Waals surface area contributed by atoms with Crippen molar-refractivity contribution in [2.75, 3.05) is 6.61 Å². The van der Waals surface area contributed by atoms with Gasteiger partial charge in [0.05, 0.1) is 23.3 Å². The van der Waals surface area contributed by atoms with Crippen LogP contribution >= 0.6 is 0 Å². The molecule has 0 aromatic heterocycles. The molecule has 0 heterocycles. The molecule has 0 radical (unpaired) electrons. The SMILES string of the molecule is CCCCCCCCCCCCCCCCCCCCCCOC(=O)c1ccc2cc(C#N)c(C#N)cc2c1. The molecule has 0 aliphatic heterocycles. The van der Waals surface area contributed by atoms with Crippen molar-refractivity contribution in [3.63, 3.8) is 0 Å². The van der Waals surface area contributed by atoms with Gasteiger partial charge in [-0.3, -0.25) is 0 Å². The number of nitriles is 2. The van der Waals surface area contributed by atoms with Gasteiger partial charge in [-0.15, -0.1) is 0 Å². The summed E-state index contributed by atoms with van der Waals surface area (Å²) in [4.78, 5) is 12.4. The number of rotatable bonds is 22. The van der Waals surface area contributed by atoms with E-state index in [0.717, 1.165) is 23.6 Å². The number of nitrogens with zero attached hydrogens (tertiary/aromatic N) is 2. The molecule has 2 rings (SSSR count). The van der Waals surface area contributed by atoms with E-state index in [0.29, 0.717) is 23.3 Å². The summed E-state index contributed by atoms with van der Waals surface area (Å²) >= 11 is 0. The lowest BCUT2D eigenvalue weighted by atomic mass is 10.0. The molecule has 0 atom stereocenters. The van der Waals surface area contributed by atoms with Gasteiger partial charge in [0.1, 0.15) is 12.1 Å². The van der Waals surface area contributed by atoms with Crippen molar-refractivity contribution in [2.45, 2.75) is 135 Å². The molecule has 0 aliphatic carbocycles. The van der Waals surface area contributed by atoms with Crippen molar-refractivity contribution < 1.29 is 9.53 Å². The lowest BCUT2D eigenvalue weighted by molar-refractivity contribution is 0.0498. The number of benzene rings is 2. The third kappa shape index (κ3) is 13.7. The van der Waals surface area contributed by atoms with Crippen LogP contribution in [0.5, 0.6) is 0 Å². The summed E-state index contributed by atoms with van der Waals surface area (Å²) in [5.41, 5.74) is 1.14. The second-order valence-corrected chi connectivity index (χ2v) is 11.0. The number of hydrogen-bond acceptors (Lipinski definition) is 4. The highest BCUT2D eigenvalue weighted by molar-refractivity contribution is 5.96. The number of carbonyl (C=O) groups is 1. The van der Waals surface area contributed by atoms with Crippen LogP contribution in [-0.2, 0) is 4.74 Å². The maximum Gasteiger partial charge on any atom is 0.338 e. The normalized spacial score (nSPS) is 10.8. The van der Waals surface area contributed by atoms with Crippen LogP contribution in [0, 0.1) is 22.7 Å². The standard InChI is InChI=1S/C35H50N2O2/c1-2-3-4-5-6-7-8-9-10-11-12-13-14-15-16-17-18-19-20-21-24-39-35(38)31-23-22-30-25-33(28-36)34(29-37)27-32(30)26-31/h22-23,25-27H,2-21,24H2,1H3. The van der Waals surface area contributed by atoms with E-state index in [-0.39, 0.29) is 5.97 Å². The molecule has 0 N–H and O–H groups in total. The maximum absolute atomic E-state index is 12.4. The number of fused-ring (bicyclic) bond motifs is 1. The smallest absolute Gasteiger partial charge is 0.338 e. The van der Waals surface area contributed by atoms with E-state index in [2.05, 4.69) is 6.92 Å². The molecule has 4 nitrogen and oxygen atoms in total.